The molecule has 254 valence electrons. The third kappa shape index (κ3) is 16.4. The van der Waals surface area contributed by atoms with Crippen molar-refractivity contribution in [3.8, 4) is 0 Å². The summed E-state index contributed by atoms with van der Waals surface area (Å²) in [6.45, 7) is 7.31. The monoisotopic (exact) mass is 685 g/mol. The quantitative estimate of drug-likeness (QED) is 0.386. The van der Waals surface area contributed by atoms with Crippen LogP contribution in [0.25, 0.3) is 0 Å². The Morgan fingerprint density at radius 2 is 1.33 bits per heavy atom. The lowest BCUT2D eigenvalue weighted by Gasteiger charge is -2.38. The molecule has 0 radical (unpaired) electrons. The van der Waals surface area contributed by atoms with Gasteiger partial charge in [0.1, 0.15) is 0 Å². The maximum Gasteiger partial charge on any atom is 0.490 e. The second-order valence-electron chi connectivity index (χ2n) is 9.33. The van der Waals surface area contributed by atoms with Gasteiger partial charge in [-0.3, -0.25) is 14.8 Å². The molecular formula is C25H28F9N3O7S. The Morgan fingerprint density at radius 1 is 0.822 bits per heavy atom. The van der Waals surface area contributed by atoms with E-state index < -0.39 is 36.4 Å². The fourth-order valence-electron chi connectivity index (χ4n) is 3.86. The first-order valence-corrected chi connectivity index (χ1v) is 13.5. The Bertz CT molecular complexity index is 1120. The molecule has 4 rings (SSSR count). The molecule has 2 aromatic rings. The van der Waals surface area contributed by atoms with Gasteiger partial charge in [0.25, 0.3) is 0 Å². The van der Waals surface area contributed by atoms with Gasteiger partial charge in [0.2, 0.25) is 0 Å². The van der Waals surface area contributed by atoms with Crippen molar-refractivity contribution in [3.63, 3.8) is 0 Å². The van der Waals surface area contributed by atoms with E-state index in [9.17, 15) is 39.5 Å². The number of nitrogens with zero attached hydrogens (tertiary/aromatic N) is 3. The molecule has 10 nitrogen and oxygen atoms in total. The molecule has 0 amide bonds. The largest absolute Gasteiger partial charge is 0.490 e. The third-order valence-corrected chi connectivity index (χ3v) is 6.59. The molecule has 3 N–H and O–H groups in total. The first-order valence-electron chi connectivity index (χ1n) is 12.6. The Hall–Kier alpha value is -3.49. The molecule has 0 aromatic carbocycles. The van der Waals surface area contributed by atoms with Crippen LogP contribution in [0.15, 0.2) is 41.4 Å². The highest BCUT2D eigenvalue weighted by atomic mass is 32.1. The SMILES string of the molecule is O=C(O)C(F)(F)F.O=C(O)C(F)(F)F.O=C(O)C(F)(F)F.c1cncc(CN2CCO[C@@H]3CN(Cc4ccsc4)CC[C@@H]3C2)c1. The smallest absolute Gasteiger partial charge is 0.475 e. The number of likely N-dealkylation sites (tertiary alicyclic amines) is 1. The fraction of sp³-hybridized carbons (Fsp3) is 0.520. The maximum absolute atomic E-state index is 10.6. The molecule has 0 spiro atoms. The van der Waals surface area contributed by atoms with E-state index in [1.165, 1.54) is 24.1 Å². The van der Waals surface area contributed by atoms with Gasteiger partial charge in [-0.15, -0.1) is 0 Å². The van der Waals surface area contributed by atoms with E-state index >= 15 is 0 Å². The molecule has 0 unspecified atom stereocenters. The number of piperidine rings is 1. The van der Waals surface area contributed by atoms with Crippen LogP contribution in [0, 0.1) is 5.92 Å². The van der Waals surface area contributed by atoms with Gasteiger partial charge in [-0.2, -0.15) is 50.9 Å². The molecule has 2 aromatic heterocycles. The van der Waals surface area contributed by atoms with Crippen molar-refractivity contribution >= 4 is 29.2 Å². The van der Waals surface area contributed by atoms with Crippen LogP contribution >= 0.6 is 11.3 Å². The standard InChI is InChI=1S/C19H25N3OS.3C2HF3O2/c1-2-16(10-20-5-1)11-22-7-8-23-19-14-21(6-3-18(19)13-22)12-17-4-9-24-15-17;3*3-2(4,5)1(6)7/h1-2,4-5,9-10,15,18-19H,3,6-8,11-14H2;3*(H,6,7)/t18-,19-;;;/m1.../s1. The number of carboxylic acid groups (broad SMARTS) is 3. The minimum atomic E-state index is -5.08. The average Bonchev–Trinajstić information content (AvgIpc) is 3.35. The number of carboxylic acids is 3. The molecule has 2 aliphatic rings. The van der Waals surface area contributed by atoms with Crippen LogP contribution in [0.5, 0.6) is 0 Å². The Balaban J connectivity index is 0.000000396. The van der Waals surface area contributed by atoms with Gasteiger partial charge in [-0.25, -0.2) is 14.4 Å². The summed E-state index contributed by atoms with van der Waals surface area (Å²) in [6.07, 6.45) is -9.81. The number of hydrogen-bond acceptors (Lipinski definition) is 8. The molecule has 2 saturated heterocycles. The van der Waals surface area contributed by atoms with E-state index in [0.717, 1.165) is 39.3 Å². The number of rotatable bonds is 4. The van der Waals surface area contributed by atoms with Gasteiger partial charge in [-0.1, -0.05) is 6.07 Å². The number of aliphatic carboxylic acids is 3. The summed E-state index contributed by atoms with van der Waals surface area (Å²) in [5, 5.41) is 25.8. The molecule has 2 fully saturated rings. The zero-order valence-electron chi connectivity index (χ0n) is 23.0. The van der Waals surface area contributed by atoms with Crippen LogP contribution in [0.3, 0.4) is 0 Å². The van der Waals surface area contributed by atoms with Gasteiger partial charge < -0.3 is 20.1 Å². The molecule has 0 aliphatic carbocycles. The normalized spacial score (nSPS) is 19.1. The van der Waals surface area contributed by atoms with E-state index in [4.69, 9.17) is 34.4 Å². The molecule has 4 heterocycles. The number of aromatic nitrogens is 1. The van der Waals surface area contributed by atoms with Crippen molar-refractivity contribution in [3.05, 3.63) is 52.5 Å². The van der Waals surface area contributed by atoms with Gasteiger partial charge in [-0.05, 0) is 47.0 Å². The van der Waals surface area contributed by atoms with Crippen molar-refractivity contribution in [1.29, 1.82) is 0 Å². The highest BCUT2D eigenvalue weighted by Crippen LogP contribution is 2.26. The first kappa shape index (κ1) is 39.5. The lowest BCUT2D eigenvalue weighted by molar-refractivity contribution is -0.193. The number of hydrogen-bond donors (Lipinski definition) is 3. The second kappa shape index (κ2) is 17.9. The van der Waals surface area contributed by atoms with E-state index in [1.54, 1.807) is 11.3 Å². The number of pyridine rings is 1. The molecule has 45 heavy (non-hydrogen) atoms. The number of fused-ring (bicyclic) bond motifs is 1. The summed E-state index contributed by atoms with van der Waals surface area (Å²) in [4.78, 5) is 36.0. The van der Waals surface area contributed by atoms with E-state index in [1.807, 2.05) is 18.5 Å². The van der Waals surface area contributed by atoms with E-state index in [-0.39, 0.29) is 0 Å². The zero-order chi connectivity index (χ0) is 34.4. The van der Waals surface area contributed by atoms with Crippen molar-refractivity contribution in [2.75, 3.05) is 32.8 Å². The Kier molecular flexibility index (Phi) is 15.7. The van der Waals surface area contributed by atoms with Gasteiger partial charge in [0.15, 0.2) is 0 Å². The first-order chi connectivity index (χ1) is 20.7. The second-order valence-corrected chi connectivity index (χ2v) is 10.1. The van der Waals surface area contributed by atoms with Gasteiger partial charge in [0, 0.05) is 51.0 Å². The summed E-state index contributed by atoms with van der Waals surface area (Å²) < 4.78 is 101. The molecule has 2 atom stereocenters. The number of thiophene rings is 1. The third-order valence-electron chi connectivity index (χ3n) is 5.85. The fourth-order valence-corrected chi connectivity index (χ4v) is 4.52. The number of ether oxygens (including phenoxy) is 1. The minimum Gasteiger partial charge on any atom is -0.475 e. The van der Waals surface area contributed by atoms with E-state index in [0.29, 0.717) is 12.0 Å². The Morgan fingerprint density at radius 3 is 1.78 bits per heavy atom. The molecular weight excluding hydrogens is 657 g/mol. The van der Waals surface area contributed by atoms with Crippen LogP contribution in [-0.4, -0.2) is 105 Å². The number of alkyl halides is 9. The maximum atomic E-state index is 10.6. The van der Waals surface area contributed by atoms with Crippen LogP contribution in [0.4, 0.5) is 39.5 Å². The summed E-state index contributed by atoms with van der Waals surface area (Å²) in [5.74, 6) is -7.62. The zero-order valence-corrected chi connectivity index (χ0v) is 23.8. The van der Waals surface area contributed by atoms with Gasteiger partial charge in [0.05, 0.1) is 12.7 Å². The van der Waals surface area contributed by atoms with Gasteiger partial charge >= 0.3 is 36.4 Å². The van der Waals surface area contributed by atoms with Crippen molar-refractivity contribution in [2.45, 2.75) is 44.1 Å². The molecule has 0 bridgehead atoms. The molecule has 0 saturated carbocycles. The number of carbonyl (C=O) groups is 3. The van der Waals surface area contributed by atoms with Crippen LogP contribution in [-0.2, 0) is 32.2 Å². The van der Waals surface area contributed by atoms with Crippen LogP contribution in [0.1, 0.15) is 17.5 Å². The number of halogens is 9. The molecule has 2 aliphatic heterocycles. The highest BCUT2D eigenvalue weighted by Gasteiger charge is 2.39. The minimum absolute atomic E-state index is 0.385. The van der Waals surface area contributed by atoms with Crippen molar-refractivity contribution in [1.82, 2.24) is 14.8 Å². The summed E-state index contributed by atoms with van der Waals surface area (Å²) >= 11 is 1.79. The summed E-state index contributed by atoms with van der Waals surface area (Å²) in [6, 6.07) is 6.43. The van der Waals surface area contributed by atoms with Crippen molar-refractivity contribution in [2.24, 2.45) is 5.92 Å². The lowest BCUT2D eigenvalue weighted by atomic mass is 9.93. The van der Waals surface area contributed by atoms with Crippen molar-refractivity contribution < 1.29 is 74.0 Å². The predicted octanol–water partition coefficient (Wildman–Crippen LogP) is 4.77. The average molecular weight is 686 g/mol. The lowest BCUT2D eigenvalue weighted by Crippen LogP contribution is -2.46. The highest BCUT2D eigenvalue weighted by molar-refractivity contribution is 7.07. The predicted molar refractivity (Wildman–Crippen MR) is 138 cm³/mol. The topological polar surface area (TPSA) is 140 Å². The van der Waals surface area contributed by atoms with E-state index in [2.05, 4.69) is 37.7 Å². The van der Waals surface area contributed by atoms with Crippen LogP contribution < -0.4 is 0 Å². The summed E-state index contributed by atoms with van der Waals surface area (Å²) in [5.41, 5.74) is 2.73. The molecule has 20 heteroatoms. The Labute approximate surface area is 253 Å². The summed E-state index contributed by atoms with van der Waals surface area (Å²) in [7, 11) is 0. The van der Waals surface area contributed by atoms with Crippen LogP contribution in [0.2, 0.25) is 0 Å².